The van der Waals surface area contributed by atoms with Crippen LogP contribution in [0.1, 0.15) is 29.6 Å². The summed E-state index contributed by atoms with van der Waals surface area (Å²) in [6, 6.07) is 9.73. The fourth-order valence-corrected chi connectivity index (χ4v) is 4.38. The van der Waals surface area contributed by atoms with Gasteiger partial charge in [-0.25, -0.2) is 0 Å². The lowest BCUT2D eigenvalue weighted by molar-refractivity contribution is -0.384. The molecule has 4 rings (SSSR count). The van der Waals surface area contributed by atoms with Crippen molar-refractivity contribution >= 4 is 46.3 Å². The molecule has 0 atom stereocenters. The number of amides is 2. The smallest absolute Gasteiger partial charge is 0.270 e. The average Bonchev–Trinajstić information content (AvgIpc) is 2.73. The first kappa shape index (κ1) is 19.3. The molecule has 2 aliphatic rings. The molecule has 0 spiro atoms. The van der Waals surface area contributed by atoms with Crippen LogP contribution in [0.4, 0.5) is 22.7 Å². The van der Waals surface area contributed by atoms with Crippen molar-refractivity contribution in [3.05, 3.63) is 52.1 Å². The van der Waals surface area contributed by atoms with Crippen molar-refractivity contribution < 1.29 is 14.5 Å². The molecule has 150 valence electrons. The normalized spacial score (nSPS) is 16.0. The zero-order valence-corrected chi connectivity index (χ0v) is 16.5. The van der Waals surface area contributed by atoms with E-state index in [1.165, 1.54) is 23.9 Å². The Morgan fingerprint density at radius 3 is 2.69 bits per heavy atom. The van der Waals surface area contributed by atoms with Crippen LogP contribution in [0.15, 0.2) is 41.3 Å². The Kier molecular flexibility index (Phi) is 5.39. The number of thioether (sulfide) groups is 1. The van der Waals surface area contributed by atoms with Crippen molar-refractivity contribution in [3.8, 4) is 0 Å². The minimum atomic E-state index is -0.498. The molecule has 29 heavy (non-hydrogen) atoms. The molecule has 2 aromatic carbocycles. The van der Waals surface area contributed by atoms with E-state index in [0.29, 0.717) is 22.8 Å². The number of benzene rings is 2. The first-order valence-electron chi connectivity index (χ1n) is 9.43. The minimum absolute atomic E-state index is 0.0861. The van der Waals surface area contributed by atoms with Crippen LogP contribution in [-0.4, -0.2) is 35.6 Å². The summed E-state index contributed by atoms with van der Waals surface area (Å²) in [5.41, 5.74) is 2.03. The summed E-state index contributed by atoms with van der Waals surface area (Å²) in [6.45, 7) is 1.64. The van der Waals surface area contributed by atoms with Crippen LogP contribution in [0.5, 0.6) is 0 Å². The SMILES string of the molecule is O=C1CSc2ccc(NC(=O)c3cc([N+](=O)[O-])ccc3N3CCCCC3)cc2N1. The highest BCUT2D eigenvalue weighted by Crippen LogP contribution is 2.34. The van der Waals surface area contributed by atoms with E-state index in [9.17, 15) is 19.7 Å². The summed E-state index contributed by atoms with van der Waals surface area (Å²) in [5.74, 6) is -0.132. The van der Waals surface area contributed by atoms with Gasteiger partial charge in [-0.15, -0.1) is 11.8 Å². The third-order valence-electron chi connectivity index (χ3n) is 5.00. The lowest BCUT2D eigenvalue weighted by Gasteiger charge is -2.30. The number of carbonyl (C=O) groups excluding carboxylic acids is 2. The Morgan fingerprint density at radius 1 is 1.14 bits per heavy atom. The van der Waals surface area contributed by atoms with Crippen molar-refractivity contribution in [1.29, 1.82) is 0 Å². The van der Waals surface area contributed by atoms with Crippen molar-refractivity contribution in [3.63, 3.8) is 0 Å². The van der Waals surface area contributed by atoms with Crippen LogP contribution in [0.2, 0.25) is 0 Å². The van der Waals surface area contributed by atoms with Crippen molar-refractivity contribution in [2.75, 3.05) is 34.4 Å². The standard InChI is InChI=1S/C20H20N4O4S/c25-19-12-29-18-7-4-13(10-16(18)22-19)21-20(26)15-11-14(24(27)28)5-6-17(15)23-8-2-1-3-9-23/h4-7,10-11H,1-3,8-9,12H2,(H,21,26)(H,22,25). The molecule has 0 aliphatic carbocycles. The highest BCUT2D eigenvalue weighted by molar-refractivity contribution is 8.00. The molecule has 0 aromatic heterocycles. The van der Waals surface area contributed by atoms with E-state index in [-0.39, 0.29) is 17.2 Å². The summed E-state index contributed by atoms with van der Waals surface area (Å²) in [4.78, 5) is 38.4. The first-order chi connectivity index (χ1) is 14.0. The van der Waals surface area contributed by atoms with E-state index in [2.05, 4.69) is 15.5 Å². The van der Waals surface area contributed by atoms with E-state index in [0.717, 1.165) is 37.2 Å². The highest BCUT2D eigenvalue weighted by Gasteiger charge is 2.23. The van der Waals surface area contributed by atoms with E-state index >= 15 is 0 Å². The van der Waals surface area contributed by atoms with Gasteiger partial charge in [0, 0.05) is 35.8 Å². The van der Waals surface area contributed by atoms with Crippen molar-refractivity contribution in [2.24, 2.45) is 0 Å². The summed E-state index contributed by atoms with van der Waals surface area (Å²) < 4.78 is 0. The van der Waals surface area contributed by atoms with E-state index in [1.807, 2.05) is 6.07 Å². The maximum Gasteiger partial charge on any atom is 0.270 e. The summed E-state index contributed by atoms with van der Waals surface area (Å²) >= 11 is 1.44. The minimum Gasteiger partial charge on any atom is -0.371 e. The summed E-state index contributed by atoms with van der Waals surface area (Å²) in [7, 11) is 0. The maximum absolute atomic E-state index is 13.0. The number of non-ortho nitro benzene ring substituents is 1. The number of hydrogen-bond donors (Lipinski definition) is 2. The van der Waals surface area contributed by atoms with Gasteiger partial charge >= 0.3 is 0 Å². The zero-order valence-electron chi connectivity index (χ0n) is 15.6. The van der Waals surface area contributed by atoms with Crippen molar-refractivity contribution in [2.45, 2.75) is 24.2 Å². The predicted molar refractivity (Wildman–Crippen MR) is 113 cm³/mol. The molecule has 0 bridgehead atoms. The quantitative estimate of drug-likeness (QED) is 0.583. The van der Waals surface area contributed by atoms with E-state index in [1.54, 1.807) is 18.2 Å². The first-order valence-corrected chi connectivity index (χ1v) is 10.4. The summed E-state index contributed by atoms with van der Waals surface area (Å²) in [6.07, 6.45) is 3.20. The molecule has 1 saturated heterocycles. The number of nitro groups is 1. The predicted octanol–water partition coefficient (Wildman–Crippen LogP) is 3.88. The molecule has 2 heterocycles. The Bertz CT molecular complexity index is 988. The van der Waals surface area contributed by atoms with Crippen LogP contribution in [0.3, 0.4) is 0 Å². The van der Waals surface area contributed by atoms with Gasteiger partial charge in [0.1, 0.15) is 0 Å². The number of nitrogens with zero attached hydrogens (tertiary/aromatic N) is 2. The fraction of sp³-hybridized carbons (Fsp3) is 0.300. The molecule has 2 aliphatic heterocycles. The van der Waals surface area contributed by atoms with Gasteiger partial charge in [-0.1, -0.05) is 0 Å². The maximum atomic E-state index is 13.0. The van der Waals surface area contributed by atoms with Crippen LogP contribution >= 0.6 is 11.8 Å². The molecule has 2 aromatic rings. The van der Waals surface area contributed by atoms with Crippen LogP contribution in [0.25, 0.3) is 0 Å². The van der Waals surface area contributed by atoms with Gasteiger partial charge in [-0.05, 0) is 43.5 Å². The zero-order chi connectivity index (χ0) is 20.4. The molecular formula is C20H20N4O4S. The van der Waals surface area contributed by atoms with Gasteiger partial charge in [0.25, 0.3) is 11.6 Å². The molecule has 2 amide bonds. The van der Waals surface area contributed by atoms with Gasteiger partial charge in [0.2, 0.25) is 5.91 Å². The second-order valence-electron chi connectivity index (χ2n) is 7.01. The number of rotatable bonds is 4. The van der Waals surface area contributed by atoms with Gasteiger partial charge in [0.15, 0.2) is 0 Å². The third-order valence-corrected chi connectivity index (χ3v) is 6.08. The number of carbonyl (C=O) groups is 2. The molecule has 0 radical (unpaired) electrons. The van der Waals surface area contributed by atoms with Crippen molar-refractivity contribution in [1.82, 2.24) is 0 Å². The molecule has 0 unspecified atom stereocenters. The molecule has 9 heteroatoms. The Morgan fingerprint density at radius 2 is 1.93 bits per heavy atom. The Hall–Kier alpha value is -3.07. The average molecular weight is 412 g/mol. The number of anilines is 3. The number of nitrogens with one attached hydrogen (secondary N) is 2. The van der Waals surface area contributed by atoms with Crippen LogP contribution in [-0.2, 0) is 4.79 Å². The number of nitro benzene ring substituents is 1. The Labute approximate surface area is 171 Å². The topological polar surface area (TPSA) is 105 Å². The van der Waals surface area contributed by atoms with Gasteiger partial charge in [-0.2, -0.15) is 0 Å². The molecule has 2 N–H and O–H groups in total. The van der Waals surface area contributed by atoms with Gasteiger partial charge < -0.3 is 15.5 Å². The molecular weight excluding hydrogens is 392 g/mol. The summed E-state index contributed by atoms with van der Waals surface area (Å²) in [5, 5.41) is 16.8. The lowest BCUT2D eigenvalue weighted by Crippen LogP contribution is -2.31. The monoisotopic (exact) mass is 412 g/mol. The Balaban J connectivity index is 1.63. The second kappa shape index (κ2) is 8.12. The van der Waals surface area contributed by atoms with Crippen LogP contribution < -0.4 is 15.5 Å². The molecule has 0 saturated carbocycles. The number of fused-ring (bicyclic) bond motifs is 1. The highest BCUT2D eigenvalue weighted by atomic mass is 32.2. The van der Waals surface area contributed by atoms with Crippen LogP contribution in [0, 0.1) is 10.1 Å². The van der Waals surface area contributed by atoms with E-state index < -0.39 is 10.8 Å². The van der Waals surface area contributed by atoms with Gasteiger partial charge in [-0.3, -0.25) is 19.7 Å². The molecule has 8 nitrogen and oxygen atoms in total. The van der Waals surface area contributed by atoms with E-state index in [4.69, 9.17) is 0 Å². The molecule has 1 fully saturated rings. The lowest BCUT2D eigenvalue weighted by atomic mass is 10.1. The largest absolute Gasteiger partial charge is 0.371 e. The fourth-order valence-electron chi connectivity index (χ4n) is 3.59. The number of piperidine rings is 1. The van der Waals surface area contributed by atoms with Gasteiger partial charge in [0.05, 0.1) is 27.6 Å². The third kappa shape index (κ3) is 4.19. The second-order valence-corrected chi connectivity index (χ2v) is 8.03. The number of hydrogen-bond acceptors (Lipinski definition) is 6.